The van der Waals surface area contributed by atoms with Crippen LogP contribution in [-0.4, -0.2) is 0 Å². The van der Waals surface area contributed by atoms with Gasteiger partial charge in [0.1, 0.15) is 6.61 Å². The van der Waals surface area contributed by atoms with Crippen LogP contribution < -0.4 is 4.74 Å². The van der Waals surface area contributed by atoms with Gasteiger partial charge in [0.05, 0.1) is 0 Å². The Morgan fingerprint density at radius 1 is 0.645 bits per heavy atom. The minimum absolute atomic E-state index is 0.0553. The monoisotopic (exact) mass is 438 g/mol. The van der Waals surface area contributed by atoms with Crippen molar-refractivity contribution < 1.29 is 26.7 Å². The van der Waals surface area contributed by atoms with Gasteiger partial charge in [0.2, 0.25) is 0 Å². The molecule has 2 aromatic rings. The highest BCUT2D eigenvalue weighted by molar-refractivity contribution is 5.34. The van der Waals surface area contributed by atoms with Gasteiger partial charge in [0.15, 0.2) is 34.8 Å². The third-order valence-electron chi connectivity index (χ3n) is 7.01. The van der Waals surface area contributed by atoms with Crippen LogP contribution in [0.1, 0.15) is 74.8 Å². The molecular weight excluding hydrogens is 411 g/mol. The third-order valence-corrected chi connectivity index (χ3v) is 7.01. The predicted octanol–water partition coefficient (Wildman–Crippen LogP) is 7.82. The second kappa shape index (κ2) is 9.58. The second-order valence-corrected chi connectivity index (χ2v) is 8.99. The Labute approximate surface area is 179 Å². The molecule has 0 spiro atoms. The Kier molecular flexibility index (Phi) is 6.83. The summed E-state index contributed by atoms with van der Waals surface area (Å²) in [5.41, 5.74) is 0.573. The maximum absolute atomic E-state index is 14.6. The first-order valence-corrected chi connectivity index (χ1v) is 11.2. The van der Waals surface area contributed by atoms with Gasteiger partial charge in [-0.25, -0.2) is 22.0 Å². The van der Waals surface area contributed by atoms with E-state index in [1.165, 1.54) is 44.2 Å². The lowest BCUT2D eigenvalue weighted by Gasteiger charge is -2.36. The van der Waals surface area contributed by atoms with Crippen molar-refractivity contribution >= 4 is 0 Å². The van der Waals surface area contributed by atoms with Crippen molar-refractivity contribution in [2.24, 2.45) is 11.8 Å². The fourth-order valence-corrected chi connectivity index (χ4v) is 5.33. The molecule has 1 nitrogen and oxygen atoms in total. The van der Waals surface area contributed by atoms with Gasteiger partial charge in [0, 0.05) is 0 Å². The van der Waals surface area contributed by atoms with Gasteiger partial charge in [0.25, 0.3) is 0 Å². The van der Waals surface area contributed by atoms with E-state index in [-0.39, 0.29) is 11.5 Å². The third kappa shape index (κ3) is 5.04. The molecule has 2 saturated carbocycles. The van der Waals surface area contributed by atoms with Crippen LogP contribution in [0.4, 0.5) is 22.0 Å². The topological polar surface area (TPSA) is 9.23 Å². The molecule has 0 saturated heterocycles. The first-order chi connectivity index (χ1) is 14.9. The average Bonchev–Trinajstić information content (AvgIpc) is 2.77. The summed E-state index contributed by atoms with van der Waals surface area (Å²) in [5, 5.41) is 0. The summed E-state index contributed by atoms with van der Waals surface area (Å²) < 4.78 is 74.0. The highest BCUT2D eigenvalue weighted by Crippen LogP contribution is 2.43. The summed E-state index contributed by atoms with van der Waals surface area (Å²) in [4.78, 5) is 0. The smallest absolute Gasteiger partial charge is 0.194 e. The summed E-state index contributed by atoms with van der Waals surface area (Å²) >= 11 is 0. The van der Waals surface area contributed by atoms with Crippen molar-refractivity contribution in [2.75, 3.05) is 0 Å². The quantitative estimate of drug-likeness (QED) is 0.342. The van der Waals surface area contributed by atoms with Crippen LogP contribution in [0.2, 0.25) is 0 Å². The Morgan fingerprint density at radius 2 is 1.19 bits per heavy atom. The van der Waals surface area contributed by atoms with Crippen molar-refractivity contribution in [2.45, 2.75) is 70.3 Å². The summed E-state index contributed by atoms with van der Waals surface area (Å²) in [7, 11) is 0. The van der Waals surface area contributed by atoms with E-state index >= 15 is 0 Å². The molecule has 0 aromatic heterocycles. The lowest BCUT2D eigenvalue weighted by atomic mass is 9.70. The molecule has 0 aliphatic heterocycles. The van der Waals surface area contributed by atoms with Crippen LogP contribution in [0.3, 0.4) is 0 Å². The van der Waals surface area contributed by atoms with Crippen LogP contribution in [-0.2, 0) is 6.61 Å². The maximum atomic E-state index is 14.6. The Morgan fingerprint density at radius 3 is 1.77 bits per heavy atom. The molecule has 2 aliphatic carbocycles. The molecule has 2 aliphatic rings. The van der Waals surface area contributed by atoms with Crippen molar-refractivity contribution in [3.05, 3.63) is 64.5 Å². The number of hydrogen-bond acceptors (Lipinski definition) is 1. The lowest BCUT2D eigenvalue weighted by Crippen LogP contribution is -2.23. The molecule has 0 atom stereocenters. The predicted molar refractivity (Wildman–Crippen MR) is 108 cm³/mol. The zero-order chi connectivity index (χ0) is 22.0. The molecule has 0 amide bonds. The summed E-state index contributed by atoms with van der Waals surface area (Å²) in [5.74, 6) is -4.96. The molecule has 0 N–H and O–H groups in total. The molecule has 0 heterocycles. The van der Waals surface area contributed by atoms with Crippen molar-refractivity contribution in [3.63, 3.8) is 0 Å². The van der Waals surface area contributed by atoms with Crippen LogP contribution >= 0.6 is 0 Å². The highest BCUT2D eigenvalue weighted by Gasteiger charge is 2.30. The van der Waals surface area contributed by atoms with E-state index < -0.39 is 41.4 Å². The minimum atomic E-state index is -1.59. The van der Waals surface area contributed by atoms with Gasteiger partial charge in [-0.05, 0) is 78.8 Å². The van der Waals surface area contributed by atoms with E-state index in [1.807, 2.05) is 0 Å². The van der Waals surface area contributed by atoms with Crippen molar-refractivity contribution in [1.82, 2.24) is 0 Å². The fourth-order valence-electron chi connectivity index (χ4n) is 5.33. The van der Waals surface area contributed by atoms with E-state index in [4.69, 9.17) is 4.74 Å². The molecule has 2 fully saturated rings. The molecule has 168 valence electrons. The molecule has 6 heteroatoms. The molecule has 0 unspecified atom stereocenters. The van der Waals surface area contributed by atoms with E-state index in [9.17, 15) is 22.0 Å². The summed E-state index contributed by atoms with van der Waals surface area (Å²) in [6.07, 6.45) is 10.6. The van der Waals surface area contributed by atoms with Crippen LogP contribution in [0, 0.1) is 40.9 Å². The van der Waals surface area contributed by atoms with Gasteiger partial charge in [-0.3, -0.25) is 0 Å². The van der Waals surface area contributed by atoms with Crippen LogP contribution in [0.25, 0.3) is 0 Å². The molecule has 4 rings (SSSR count). The molecular formula is C25H27F5O. The van der Waals surface area contributed by atoms with Crippen LogP contribution in [0.5, 0.6) is 5.75 Å². The van der Waals surface area contributed by atoms with Gasteiger partial charge in [-0.15, -0.1) is 0 Å². The number of ether oxygens (including phenoxy) is 1. The molecule has 0 bridgehead atoms. The fraction of sp³-hybridized carbons (Fsp3) is 0.520. The standard InChI is InChI=1S/C25H27F5O/c26-20-10-15(11-21(27)24(20)30)14-31-25-22(28)12-19(13-23(25)29)18-8-6-17(7-9-18)16-4-2-1-3-5-16/h10-13,16-18H,1-9,14H2. The number of halogens is 5. The molecule has 2 aromatic carbocycles. The second-order valence-electron chi connectivity index (χ2n) is 8.99. The van der Waals surface area contributed by atoms with E-state index in [2.05, 4.69) is 0 Å². The summed E-state index contributed by atoms with van der Waals surface area (Å²) in [6.45, 7) is -0.478. The van der Waals surface area contributed by atoms with Gasteiger partial charge in [-0.2, -0.15) is 0 Å². The lowest BCUT2D eigenvalue weighted by molar-refractivity contribution is 0.185. The average molecular weight is 438 g/mol. The Hall–Kier alpha value is -2.11. The zero-order valence-electron chi connectivity index (χ0n) is 17.4. The normalized spacial score (nSPS) is 22.5. The molecule has 31 heavy (non-hydrogen) atoms. The van der Waals surface area contributed by atoms with Crippen molar-refractivity contribution in [1.29, 1.82) is 0 Å². The SMILES string of the molecule is Fc1cc(COc2c(F)cc(C3CCC(C4CCCCC4)CC3)cc2F)cc(F)c1F. The zero-order valence-corrected chi connectivity index (χ0v) is 17.4. The maximum Gasteiger partial charge on any atom is 0.194 e. The first-order valence-electron chi connectivity index (χ1n) is 11.2. The minimum Gasteiger partial charge on any atom is -0.483 e. The Bertz CT molecular complexity index is 868. The Balaban J connectivity index is 1.39. The van der Waals surface area contributed by atoms with Gasteiger partial charge >= 0.3 is 0 Å². The van der Waals surface area contributed by atoms with E-state index in [0.717, 1.165) is 49.7 Å². The van der Waals surface area contributed by atoms with E-state index in [1.54, 1.807) is 0 Å². The summed E-state index contributed by atoms with van der Waals surface area (Å²) in [6, 6.07) is 4.09. The number of benzene rings is 2. The van der Waals surface area contributed by atoms with Gasteiger partial charge in [-0.1, -0.05) is 32.1 Å². The van der Waals surface area contributed by atoms with Gasteiger partial charge < -0.3 is 4.74 Å². The number of rotatable bonds is 5. The van der Waals surface area contributed by atoms with Crippen molar-refractivity contribution in [3.8, 4) is 5.75 Å². The largest absolute Gasteiger partial charge is 0.483 e. The van der Waals surface area contributed by atoms with Crippen LogP contribution in [0.15, 0.2) is 24.3 Å². The van der Waals surface area contributed by atoms with E-state index in [0.29, 0.717) is 5.56 Å². The first kappa shape index (κ1) is 22.1. The number of hydrogen-bond donors (Lipinski definition) is 0. The highest BCUT2D eigenvalue weighted by atomic mass is 19.2. The molecule has 0 radical (unpaired) electrons.